The number of rotatable bonds is 5. The number of hydrogen-bond acceptors (Lipinski definition) is 4. The molecular weight excluding hydrogens is 278 g/mol. The molecule has 1 aliphatic heterocycles. The van der Waals surface area contributed by atoms with Crippen LogP contribution >= 0.6 is 0 Å². The molecule has 0 saturated carbocycles. The lowest BCUT2D eigenvalue weighted by molar-refractivity contribution is 0.115. The van der Waals surface area contributed by atoms with Crippen molar-refractivity contribution in [1.29, 1.82) is 0 Å². The summed E-state index contributed by atoms with van der Waals surface area (Å²) in [5.41, 5.74) is 0.885. The van der Waals surface area contributed by atoms with E-state index in [1.165, 1.54) is 12.8 Å². The van der Waals surface area contributed by atoms with E-state index in [9.17, 15) is 4.79 Å². The van der Waals surface area contributed by atoms with E-state index in [4.69, 9.17) is 9.15 Å². The molecule has 0 spiro atoms. The van der Waals surface area contributed by atoms with Gasteiger partial charge in [0.25, 0.3) is 0 Å². The summed E-state index contributed by atoms with van der Waals surface area (Å²) in [6.07, 6.45) is 3.17. The van der Waals surface area contributed by atoms with Crippen molar-refractivity contribution >= 4 is 10.8 Å². The number of nitrogens with zero attached hydrogens (tertiary/aromatic N) is 1. The van der Waals surface area contributed by atoms with Crippen molar-refractivity contribution in [3.05, 3.63) is 46.0 Å². The van der Waals surface area contributed by atoms with Gasteiger partial charge in [0.15, 0.2) is 0 Å². The summed E-state index contributed by atoms with van der Waals surface area (Å²) in [5.74, 6) is 0.773. The van der Waals surface area contributed by atoms with Gasteiger partial charge in [-0.25, -0.2) is 4.79 Å². The number of benzene rings is 1. The first-order valence-electron chi connectivity index (χ1n) is 7.94. The molecule has 1 aromatic carbocycles. The lowest BCUT2D eigenvalue weighted by Crippen LogP contribution is -2.34. The zero-order valence-electron chi connectivity index (χ0n) is 13.3. The van der Waals surface area contributed by atoms with Crippen LogP contribution in [0, 0.1) is 6.92 Å². The van der Waals surface area contributed by atoms with Gasteiger partial charge in [0.2, 0.25) is 0 Å². The molecule has 0 radical (unpaired) electrons. The number of likely N-dealkylation sites (tertiary alicyclic amines) is 1. The van der Waals surface area contributed by atoms with Crippen LogP contribution in [0.3, 0.4) is 0 Å². The second kappa shape index (κ2) is 6.63. The largest absolute Gasteiger partial charge is 0.427 e. The fourth-order valence-electron chi connectivity index (χ4n) is 3.36. The molecule has 0 amide bonds. The highest BCUT2D eigenvalue weighted by Gasteiger charge is 2.24. The van der Waals surface area contributed by atoms with Crippen LogP contribution < -0.4 is 5.63 Å². The topological polar surface area (TPSA) is 42.7 Å². The van der Waals surface area contributed by atoms with Crippen LogP contribution in [0.25, 0.3) is 10.8 Å². The van der Waals surface area contributed by atoms with Crippen LogP contribution in [0.1, 0.15) is 24.2 Å². The van der Waals surface area contributed by atoms with Gasteiger partial charge >= 0.3 is 5.63 Å². The van der Waals surface area contributed by atoms with Crippen LogP contribution in [0.2, 0.25) is 0 Å². The fourth-order valence-corrected chi connectivity index (χ4v) is 3.36. The molecule has 22 heavy (non-hydrogen) atoms. The molecule has 0 aliphatic carbocycles. The predicted octanol–water partition coefficient (Wildman–Crippen LogP) is 2.75. The maximum absolute atomic E-state index is 12.1. The van der Waals surface area contributed by atoms with Crippen molar-refractivity contribution in [2.24, 2.45) is 0 Å². The van der Waals surface area contributed by atoms with Crippen LogP contribution in [0.15, 0.2) is 33.5 Å². The first-order valence-corrected chi connectivity index (χ1v) is 7.94. The Morgan fingerprint density at radius 3 is 3.05 bits per heavy atom. The van der Waals surface area contributed by atoms with Crippen LogP contribution in [-0.2, 0) is 11.2 Å². The van der Waals surface area contributed by atoms with Crippen LogP contribution in [0.5, 0.6) is 0 Å². The summed E-state index contributed by atoms with van der Waals surface area (Å²) in [4.78, 5) is 14.6. The molecule has 4 heteroatoms. The zero-order valence-corrected chi connectivity index (χ0v) is 13.3. The van der Waals surface area contributed by atoms with E-state index in [1.54, 1.807) is 7.11 Å². The number of aryl methyl sites for hydroxylation is 1. The van der Waals surface area contributed by atoms with Gasteiger partial charge in [0, 0.05) is 26.1 Å². The van der Waals surface area contributed by atoms with E-state index in [0.717, 1.165) is 42.8 Å². The number of hydrogen-bond donors (Lipinski definition) is 0. The number of ether oxygens (including phenoxy) is 1. The fraction of sp³-hybridized carbons (Fsp3) is 0.500. The Balaban J connectivity index is 1.77. The van der Waals surface area contributed by atoms with Gasteiger partial charge in [0.1, 0.15) is 5.76 Å². The van der Waals surface area contributed by atoms with Crippen molar-refractivity contribution in [1.82, 2.24) is 4.90 Å². The first-order chi connectivity index (χ1) is 10.7. The average molecular weight is 301 g/mol. The molecule has 1 saturated heterocycles. The third kappa shape index (κ3) is 3.08. The van der Waals surface area contributed by atoms with Crippen molar-refractivity contribution in [2.75, 3.05) is 26.8 Å². The second-order valence-electron chi connectivity index (χ2n) is 6.07. The van der Waals surface area contributed by atoms with E-state index in [2.05, 4.69) is 4.90 Å². The summed E-state index contributed by atoms with van der Waals surface area (Å²) >= 11 is 0. The molecule has 1 atom stereocenters. The Bertz CT molecular complexity index is 707. The molecule has 1 aliphatic rings. The van der Waals surface area contributed by atoms with E-state index in [1.807, 2.05) is 31.2 Å². The summed E-state index contributed by atoms with van der Waals surface area (Å²) in [6.45, 7) is 4.82. The Morgan fingerprint density at radius 2 is 2.23 bits per heavy atom. The Labute approximate surface area is 130 Å². The predicted molar refractivity (Wildman–Crippen MR) is 87.4 cm³/mol. The molecular formula is C18H23NO3. The SMILES string of the molecule is COC[C@H]1CCCN1CCc1cc2c(C)cccc2c(=O)o1. The van der Waals surface area contributed by atoms with E-state index < -0.39 is 0 Å². The second-order valence-corrected chi connectivity index (χ2v) is 6.07. The van der Waals surface area contributed by atoms with Gasteiger partial charge < -0.3 is 9.15 Å². The quantitative estimate of drug-likeness (QED) is 0.851. The van der Waals surface area contributed by atoms with Crippen molar-refractivity contribution in [3.8, 4) is 0 Å². The minimum atomic E-state index is -0.230. The highest BCUT2D eigenvalue weighted by Crippen LogP contribution is 2.20. The molecule has 1 aromatic heterocycles. The Kier molecular flexibility index (Phi) is 4.60. The van der Waals surface area contributed by atoms with Crippen LogP contribution in [-0.4, -0.2) is 37.7 Å². The number of fused-ring (bicyclic) bond motifs is 1. The molecule has 4 nitrogen and oxygen atoms in total. The van der Waals surface area contributed by atoms with E-state index in [-0.39, 0.29) is 5.63 Å². The summed E-state index contributed by atoms with van der Waals surface area (Å²) in [7, 11) is 1.75. The minimum Gasteiger partial charge on any atom is -0.427 e. The summed E-state index contributed by atoms with van der Waals surface area (Å²) in [5, 5.41) is 1.67. The van der Waals surface area contributed by atoms with Gasteiger partial charge in [-0.05, 0) is 49.4 Å². The van der Waals surface area contributed by atoms with Crippen LogP contribution in [0.4, 0.5) is 0 Å². The Hall–Kier alpha value is -1.65. The van der Waals surface area contributed by atoms with Crippen molar-refractivity contribution < 1.29 is 9.15 Å². The third-order valence-electron chi connectivity index (χ3n) is 4.58. The maximum atomic E-state index is 12.1. The minimum absolute atomic E-state index is 0.230. The normalized spacial score (nSPS) is 19.1. The zero-order chi connectivity index (χ0) is 15.5. The molecule has 3 rings (SSSR count). The van der Waals surface area contributed by atoms with Gasteiger partial charge in [-0.1, -0.05) is 12.1 Å². The maximum Gasteiger partial charge on any atom is 0.343 e. The van der Waals surface area contributed by atoms with Gasteiger partial charge in [0.05, 0.1) is 12.0 Å². The van der Waals surface area contributed by atoms with E-state index in [0.29, 0.717) is 11.4 Å². The van der Waals surface area contributed by atoms with Gasteiger partial charge in [-0.2, -0.15) is 0 Å². The molecule has 2 heterocycles. The van der Waals surface area contributed by atoms with Gasteiger partial charge in [-0.15, -0.1) is 0 Å². The molecule has 2 aromatic rings. The van der Waals surface area contributed by atoms with E-state index >= 15 is 0 Å². The molecule has 0 N–H and O–H groups in total. The molecule has 1 fully saturated rings. The number of methoxy groups -OCH3 is 1. The molecule has 0 bridgehead atoms. The monoisotopic (exact) mass is 301 g/mol. The highest BCUT2D eigenvalue weighted by atomic mass is 16.5. The van der Waals surface area contributed by atoms with Gasteiger partial charge in [-0.3, -0.25) is 4.90 Å². The summed E-state index contributed by atoms with van der Waals surface area (Å²) in [6, 6.07) is 8.27. The van der Waals surface area contributed by atoms with Crippen molar-refractivity contribution in [3.63, 3.8) is 0 Å². The van der Waals surface area contributed by atoms with Crippen molar-refractivity contribution in [2.45, 2.75) is 32.2 Å². The molecule has 0 unspecified atom stereocenters. The summed E-state index contributed by atoms with van der Waals surface area (Å²) < 4.78 is 10.8. The average Bonchev–Trinajstić information content (AvgIpc) is 2.94. The highest BCUT2D eigenvalue weighted by molar-refractivity contribution is 5.84. The lowest BCUT2D eigenvalue weighted by Gasteiger charge is -2.23. The smallest absolute Gasteiger partial charge is 0.343 e. The third-order valence-corrected chi connectivity index (χ3v) is 4.58. The Morgan fingerprint density at radius 1 is 1.36 bits per heavy atom. The lowest BCUT2D eigenvalue weighted by atomic mass is 10.1. The first kappa shape index (κ1) is 15.3. The standard InChI is InChI=1S/C18H23NO3/c1-13-5-3-7-16-17(13)11-15(22-18(16)20)8-10-19-9-4-6-14(19)12-21-2/h3,5,7,11,14H,4,6,8-10,12H2,1-2H3/t14-/m1/s1. The molecule has 118 valence electrons.